The molecular weight excluding hydrogens is 156 g/mol. The largest absolute Gasteiger partial charge is 0.462 e. The molecule has 0 fully saturated rings. The minimum absolute atomic E-state index is 0.0217. The van der Waals surface area contributed by atoms with Gasteiger partial charge in [0.2, 0.25) is 0 Å². The summed E-state index contributed by atoms with van der Waals surface area (Å²) in [6, 6.07) is 0. The van der Waals surface area contributed by atoms with E-state index in [9.17, 15) is 4.79 Å². The highest BCUT2D eigenvalue weighted by Gasteiger charge is 2.22. The Morgan fingerprint density at radius 2 is 2.33 bits per heavy atom. The highest BCUT2D eigenvalue weighted by Crippen LogP contribution is 2.19. The van der Waals surface area contributed by atoms with Gasteiger partial charge in [-0.25, -0.2) is 4.79 Å². The molecule has 1 unspecified atom stereocenters. The normalized spacial score (nSPS) is 14.9. The van der Waals surface area contributed by atoms with E-state index in [4.69, 9.17) is 9.84 Å². The minimum atomic E-state index is -0.442. The fourth-order valence-electron chi connectivity index (χ4n) is 0.564. The van der Waals surface area contributed by atoms with Crippen molar-refractivity contribution in [2.75, 3.05) is 13.2 Å². The number of aliphatic hydroxyl groups is 1. The third-order valence-corrected chi connectivity index (χ3v) is 1.96. The smallest absolute Gasteiger partial charge is 0.330 e. The van der Waals surface area contributed by atoms with Crippen molar-refractivity contribution in [2.45, 2.75) is 20.3 Å². The van der Waals surface area contributed by atoms with Gasteiger partial charge in [-0.1, -0.05) is 20.4 Å². The molecule has 0 saturated heterocycles. The molecule has 0 aromatic rings. The van der Waals surface area contributed by atoms with Crippen LogP contribution in [0.25, 0.3) is 0 Å². The van der Waals surface area contributed by atoms with E-state index in [0.29, 0.717) is 0 Å². The van der Waals surface area contributed by atoms with Crippen LogP contribution in [0.3, 0.4) is 0 Å². The second-order valence-corrected chi connectivity index (χ2v) is 3.13. The van der Waals surface area contributed by atoms with Gasteiger partial charge in [0.15, 0.2) is 0 Å². The average Bonchev–Trinajstić information content (AvgIpc) is 2.13. The van der Waals surface area contributed by atoms with Crippen molar-refractivity contribution in [1.29, 1.82) is 0 Å². The molecule has 0 aliphatic heterocycles. The first-order valence-electron chi connectivity index (χ1n) is 3.98. The summed E-state index contributed by atoms with van der Waals surface area (Å²) in [6.07, 6.45) is 1.89. The molecule has 12 heavy (non-hydrogen) atoms. The number of aliphatic hydroxyl groups excluding tert-OH is 1. The average molecular weight is 172 g/mol. The van der Waals surface area contributed by atoms with Gasteiger partial charge < -0.3 is 9.84 Å². The van der Waals surface area contributed by atoms with Gasteiger partial charge in [-0.2, -0.15) is 0 Å². The molecular formula is C9H16O3. The second kappa shape index (κ2) is 4.93. The molecule has 0 bridgehead atoms. The molecule has 0 aromatic carbocycles. The highest BCUT2D eigenvalue weighted by molar-refractivity contribution is 5.81. The summed E-state index contributed by atoms with van der Waals surface area (Å²) in [4.78, 5) is 10.7. The van der Waals surface area contributed by atoms with Gasteiger partial charge in [0.1, 0.15) is 0 Å². The van der Waals surface area contributed by atoms with E-state index < -0.39 is 5.97 Å². The molecule has 0 spiro atoms. The lowest BCUT2D eigenvalue weighted by Gasteiger charge is -2.24. The van der Waals surface area contributed by atoms with Crippen LogP contribution in [0.1, 0.15) is 20.3 Å². The summed E-state index contributed by atoms with van der Waals surface area (Å²) >= 11 is 0. The molecule has 3 nitrogen and oxygen atoms in total. The lowest BCUT2D eigenvalue weighted by Crippen LogP contribution is -2.27. The summed E-state index contributed by atoms with van der Waals surface area (Å²) in [5.74, 6) is -0.442. The first kappa shape index (κ1) is 11.2. The van der Waals surface area contributed by atoms with E-state index in [1.165, 1.54) is 0 Å². The topological polar surface area (TPSA) is 46.5 Å². The maximum atomic E-state index is 10.7. The molecule has 3 heteroatoms. The van der Waals surface area contributed by atoms with Crippen LogP contribution in [0.2, 0.25) is 0 Å². The maximum Gasteiger partial charge on any atom is 0.330 e. The van der Waals surface area contributed by atoms with Crippen LogP contribution < -0.4 is 0 Å². The van der Waals surface area contributed by atoms with E-state index in [1.807, 2.05) is 13.8 Å². The number of hydrogen-bond acceptors (Lipinski definition) is 3. The molecule has 0 amide bonds. The van der Waals surface area contributed by atoms with Gasteiger partial charge in [-0.3, -0.25) is 0 Å². The van der Waals surface area contributed by atoms with Crippen molar-refractivity contribution >= 4 is 5.97 Å². The van der Waals surface area contributed by atoms with Gasteiger partial charge in [0.05, 0.1) is 13.2 Å². The van der Waals surface area contributed by atoms with Crippen LogP contribution in [0.5, 0.6) is 0 Å². The van der Waals surface area contributed by atoms with Crippen LogP contribution in [-0.4, -0.2) is 24.3 Å². The van der Waals surface area contributed by atoms with E-state index in [1.54, 1.807) is 0 Å². The van der Waals surface area contributed by atoms with Crippen molar-refractivity contribution in [3.05, 3.63) is 12.7 Å². The van der Waals surface area contributed by atoms with Gasteiger partial charge in [0.25, 0.3) is 0 Å². The predicted octanol–water partition coefficient (Wildman–Crippen LogP) is 1.12. The van der Waals surface area contributed by atoms with E-state index in [0.717, 1.165) is 12.5 Å². The molecule has 0 saturated carbocycles. The minimum Gasteiger partial charge on any atom is -0.462 e. The fourth-order valence-corrected chi connectivity index (χ4v) is 0.564. The van der Waals surface area contributed by atoms with Crippen molar-refractivity contribution in [1.82, 2.24) is 0 Å². The molecule has 70 valence electrons. The summed E-state index contributed by atoms with van der Waals surface area (Å²) < 4.78 is 4.82. The van der Waals surface area contributed by atoms with E-state index >= 15 is 0 Å². The standard InChI is InChI=1S/C9H16O3/c1-4-8(11)12-7-9(3,5-2)6-10/h4,10H,1,5-7H2,2-3H3. The van der Waals surface area contributed by atoms with Gasteiger partial charge >= 0.3 is 5.97 Å². The van der Waals surface area contributed by atoms with Crippen LogP contribution in [0, 0.1) is 5.41 Å². The zero-order valence-corrected chi connectivity index (χ0v) is 7.67. The first-order valence-corrected chi connectivity index (χ1v) is 3.98. The lowest BCUT2D eigenvalue weighted by molar-refractivity contribution is -0.141. The molecule has 0 aliphatic carbocycles. The Bertz CT molecular complexity index is 159. The number of esters is 1. The number of carbonyl (C=O) groups is 1. The molecule has 0 heterocycles. The van der Waals surface area contributed by atoms with Gasteiger partial charge in [-0.15, -0.1) is 0 Å². The van der Waals surface area contributed by atoms with Crippen LogP contribution in [0.4, 0.5) is 0 Å². The molecule has 0 aliphatic rings. The predicted molar refractivity (Wildman–Crippen MR) is 46.6 cm³/mol. The first-order chi connectivity index (χ1) is 5.58. The van der Waals surface area contributed by atoms with Crippen LogP contribution in [0.15, 0.2) is 12.7 Å². The highest BCUT2D eigenvalue weighted by atomic mass is 16.5. The second-order valence-electron chi connectivity index (χ2n) is 3.13. The fraction of sp³-hybridized carbons (Fsp3) is 0.667. The zero-order chi connectivity index (χ0) is 9.61. The summed E-state index contributed by atoms with van der Waals surface area (Å²) in [5.41, 5.74) is -0.321. The Labute approximate surface area is 73.0 Å². The Kier molecular flexibility index (Phi) is 4.59. The summed E-state index contributed by atoms with van der Waals surface area (Å²) in [6.45, 7) is 7.35. The van der Waals surface area contributed by atoms with Gasteiger partial charge in [0, 0.05) is 11.5 Å². The van der Waals surface area contributed by atoms with Gasteiger partial charge in [-0.05, 0) is 6.42 Å². The molecule has 0 aromatic heterocycles. The monoisotopic (exact) mass is 172 g/mol. The number of hydrogen-bond donors (Lipinski definition) is 1. The molecule has 1 atom stereocenters. The third-order valence-electron chi connectivity index (χ3n) is 1.96. The van der Waals surface area contributed by atoms with E-state index in [-0.39, 0.29) is 18.6 Å². The Hall–Kier alpha value is -0.830. The van der Waals surface area contributed by atoms with E-state index in [2.05, 4.69) is 6.58 Å². The molecule has 0 radical (unpaired) electrons. The van der Waals surface area contributed by atoms with Crippen molar-refractivity contribution in [3.63, 3.8) is 0 Å². The Balaban J connectivity index is 3.88. The zero-order valence-electron chi connectivity index (χ0n) is 7.67. The third kappa shape index (κ3) is 3.53. The number of carbonyl (C=O) groups excluding carboxylic acids is 1. The molecule has 1 N–H and O–H groups in total. The summed E-state index contributed by atoms with van der Waals surface area (Å²) in [7, 11) is 0. The van der Waals surface area contributed by atoms with Crippen LogP contribution >= 0.6 is 0 Å². The Morgan fingerprint density at radius 3 is 2.67 bits per heavy atom. The lowest BCUT2D eigenvalue weighted by atomic mass is 9.90. The maximum absolute atomic E-state index is 10.7. The molecule has 0 rings (SSSR count). The van der Waals surface area contributed by atoms with Crippen molar-refractivity contribution in [3.8, 4) is 0 Å². The quantitative estimate of drug-likeness (QED) is 0.499. The summed E-state index contributed by atoms with van der Waals surface area (Å²) in [5, 5.41) is 8.95. The number of rotatable bonds is 5. The van der Waals surface area contributed by atoms with Crippen LogP contribution in [-0.2, 0) is 9.53 Å². The number of ether oxygens (including phenoxy) is 1. The Morgan fingerprint density at radius 1 is 1.75 bits per heavy atom. The SMILES string of the molecule is C=CC(=O)OCC(C)(CC)CO. The van der Waals surface area contributed by atoms with Crippen molar-refractivity contribution < 1.29 is 14.6 Å². The van der Waals surface area contributed by atoms with Crippen molar-refractivity contribution in [2.24, 2.45) is 5.41 Å².